The van der Waals surface area contributed by atoms with Crippen molar-refractivity contribution in [1.29, 1.82) is 0 Å². The van der Waals surface area contributed by atoms with Crippen LogP contribution in [-0.2, 0) is 4.74 Å². The minimum atomic E-state index is -0.488. The van der Waals surface area contributed by atoms with Crippen molar-refractivity contribution in [3.8, 4) is 0 Å². The third kappa shape index (κ3) is 3.02. The minimum absolute atomic E-state index is 0.0199. The van der Waals surface area contributed by atoms with Crippen LogP contribution in [0.3, 0.4) is 0 Å². The van der Waals surface area contributed by atoms with E-state index in [1.54, 1.807) is 6.92 Å². The first kappa shape index (κ1) is 13.8. The van der Waals surface area contributed by atoms with E-state index in [0.29, 0.717) is 21.4 Å². The molecular formula is C12H10ClFN2O2S. The molecule has 0 unspecified atom stereocenters. The van der Waals surface area contributed by atoms with E-state index in [4.69, 9.17) is 11.6 Å². The summed E-state index contributed by atoms with van der Waals surface area (Å²) in [5.74, 6) is -0.919. The molecule has 2 rings (SSSR count). The maximum atomic E-state index is 13.0. The Morgan fingerprint density at radius 3 is 2.89 bits per heavy atom. The summed E-state index contributed by atoms with van der Waals surface area (Å²) < 4.78 is 17.7. The lowest BCUT2D eigenvalue weighted by atomic mass is 10.3. The van der Waals surface area contributed by atoms with Gasteiger partial charge >= 0.3 is 5.97 Å². The van der Waals surface area contributed by atoms with Crippen LogP contribution in [0.4, 0.5) is 15.2 Å². The first-order valence-electron chi connectivity index (χ1n) is 5.29. The molecule has 0 saturated carbocycles. The lowest BCUT2D eigenvalue weighted by Crippen LogP contribution is -1.99. The predicted molar refractivity (Wildman–Crippen MR) is 72.9 cm³/mol. The predicted octanol–water partition coefficient (Wildman–Crippen LogP) is 3.77. The van der Waals surface area contributed by atoms with Crippen LogP contribution in [-0.4, -0.2) is 18.1 Å². The summed E-state index contributed by atoms with van der Waals surface area (Å²) in [6, 6.07) is 4.24. The number of benzene rings is 1. The Morgan fingerprint density at radius 2 is 2.26 bits per heavy atom. The fourth-order valence-corrected chi connectivity index (χ4v) is 2.51. The molecule has 1 aromatic carbocycles. The van der Waals surface area contributed by atoms with E-state index in [2.05, 4.69) is 15.0 Å². The summed E-state index contributed by atoms with van der Waals surface area (Å²) in [7, 11) is 1.31. The van der Waals surface area contributed by atoms with E-state index >= 15 is 0 Å². The molecule has 0 bridgehead atoms. The number of ether oxygens (including phenoxy) is 1. The molecule has 100 valence electrons. The van der Waals surface area contributed by atoms with Crippen LogP contribution in [0.5, 0.6) is 0 Å². The second-order valence-electron chi connectivity index (χ2n) is 3.68. The molecule has 1 N–H and O–H groups in total. The Labute approximate surface area is 118 Å². The van der Waals surface area contributed by atoms with Gasteiger partial charge in [0.15, 0.2) is 5.13 Å². The summed E-state index contributed by atoms with van der Waals surface area (Å²) in [6.07, 6.45) is 0. The second kappa shape index (κ2) is 5.54. The van der Waals surface area contributed by atoms with Gasteiger partial charge in [0.05, 0.1) is 17.8 Å². The Kier molecular flexibility index (Phi) is 4.01. The molecule has 0 amide bonds. The van der Waals surface area contributed by atoms with Gasteiger partial charge < -0.3 is 10.1 Å². The number of hydrogen-bond acceptors (Lipinski definition) is 5. The van der Waals surface area contributed by atoms with Crippen molar-refractivity contribution in [3.05, 3.63) is 39.6 Å². The zero-order chi connectivity index (χ0) is 14.0. The fourth-order valence-electron chi connectivity index (χ4n) is 1.43. The van der Waals surface area contributed by atoms with E-state index in [9.17, 15) is 9.18 Å². The molecule has 0 aliphatic rings. The number of thiazole rings is 1. The molecule has 1 heterocycles. The van der Waals surface area contributed by atoms with E-state index in [1.165, 1.54) is 25.3 Å². The van der Waals surface area contributed by atoms with Gasteiger partial charge in [-0.15, -0.1) is 0 Å². The van der Waals surface area contributed by atoms with Crippen LogP contribution >= 0.6 is 22.9 Å². The van der Waals surface area contributed by atoms with Crippen LogP contribution in [0.25, 0.3) is 0 Å². The average molecular weight is 301 g/mol. The van der Waals surface area contributed by atoms with Gasteiger partial charge in [0.2, 0.25) is 0 Å². The standard InChI is InChI=1S/C12H10ClFN2O2S/c1-6-10(11(17)18-2)19-12(15-6)16-7-3-4-9(14)8(13)5-7/h3-5H,1-2H3,(H,15,16). The number of methoxy groups -OCH3 is 1. The maximum absolute atomic E-state index is 13.0. The Bertz CT molecular complexity index is 630. The zero-order valence-electron chi connectivity index (χ0n) is 10.2. The number of aryl methyl sites for hydroxylation is 1. The highest BCUT2D eigenvalue weighted by molar-refractivity contribution is 7.17. The number of hydrogen-bond donors (Lipinski definition) is 1. The Morgan fingerprint density at radius 1 is 1.53 bits per heavy atom. The van der Waals surface area contributed by atoms with Gasteiger partial charge in [0.25, 0.3) is 0 Å². The second-order valence-corrected chi connectivity index (χ2v) is 5.09. The van der Waals surface area contributed by atoms with Crippen molar-refractivity contribution in [2.75, 3.05) is 12.4 Å². The van der Waals surface area contributed by atoms with Crippen molar-refractivity contribution in [3.63, 3.8) is 0 Å². The highest BCUT2D eigenvalue weighted by Crippen LogP contribution is 2.28. The maximum Gasteiger partial charge on any atom is 0.350 e. The number of esters is 1. The molecule has 0 aliphatic heterocycles. The summed E-state index contributed by atoms with van der Waals surface area (Å²) in [5, 5.41) is 3.49. The number of carbonyl (C=O) groups excluding carboxylic acids is 1. The van der Waals surface area contributed by atoms with Gasteiger partial charge in [-0.1, -0.05) is 22.9 Å². The molecule has 0 spiro atoms. The summed E-state index contributed by atoms with van der Waals surface area (Å²) >= 11 is 6.85. The molecule has 4 nitrogen and oxygen atoms in total. The molecule has 2 aromatic rings. The van der Waals surface area contributed by atoms with Gasteiger partial charge in [-0.2, -0.15) is 0 Å². The van der Waals surface area contributed by atoms with Crippen molar-refractivity contribution in [2.24, 2.45) is 0 Å². The zero-order valence-corrected chi connectivity index (χ0v) is 11.7. The van der Waals surface area contributed by atoms with Crippen LogP contribution < -0.4 is 5.32 Å². The molecule has 7 heteroatoms. The summed E-state index contributed by atoms with van der Waals surface area (Å²) in [4.78, 5) is 16.1. The third-order valence-electron chi connectivity index (χ3n) is 2.34. The molecule has 0 saturated heterocycles. The Balaban J connectivity index is 2.24. The summed E-state index contributed by atoms with van der Waals surface area (Å²) in [6.45, 7) is 1.71. The number of anilines is 2. The largest absolute Gasteiger partial charge is 0.465 e. The lowest BCUT2D eigenvalue weighted by molar-refractivity contribution is 0.0605. The van der Waals surface area contributed by atoms with Crippen LogP contribution in [0, 0.1) is 12.7 Å². The number of nitrogens with zero attached hydrogens (tertiary/aromatic N) is 1. The smallest absolute Gasteiger partial charge is 0.350 e. The van der Waals surface area contributed by atoms with Gasteiger partial charge in [-0.05, 0) is 25.1 Å². The van der Waals surface area contributed by atoms with E-state index in [1.807, 2.05) is 0 Å². The molecule has 0 radical (unpaired) electrons. The van der Waals surface area contributed by atoms with Crippen molar-refractivity contribution in [2.45, 2.75) is 6.92 Å². The Hall–Kier alpha value is -1.66. The molecule has 0 atom stereocenters. The molecule has 0 aliphatic carbocycles. The topological polar surface area (TPSA) is 51.2 Å². The first-order valence-corrected chi connectivity index (χ1v) is 6.48. The number of nitrogens with one attached hydrogen (secondary N) is 1. The fraction of sp³-hybridized carbons (Fsp3) is 0.167. The third-order valence-corrected chi connectivity index (χ3v) is 3.68. The monoisotopic (exact) mass is 300 g/mol. The van der Waals surface area contributed by atoms with E-state index < -0.39 is 11.8 Å². The number of carbonyl (C=O) groups is 1. The van der Waals surface area contributed by atoms with Crippen LogP contribution in [0.2, 0.25) is 5.02 Å². The van der Waals surface area contributed by atoms with Gasteiger partial charge in [0, 0.05) is 5.69 Å². The van der Waals surface area contributed by atoms with E-state index in [-0.39, 0.29) is 5.02 Å². The van der Waals surface area contributed by atoms with Crippen LogP contribution in [0.1, 0.15) is 15.4 Å². The number of rotatable bonds is 3. The lowest BCUT2D eigenvalue weighted by Gasteiger charge is -2.03. The minimum Gasteiger partial charge on any atom is -0.465 e. The quantitative estimate of drug-likeness (QED) is 0.877. The molecule has 19 heavy (non-hydrogen) atoms. The van der Waals surface area contributed by atoms with E-state index in [0.717, 1.165) is 11.3 Å². The van der Waals surface area contributed by atoms with Gasteiger partial charge in [-0.25, -0.2) is 14.2 Å². The summed E-state index contributed by atoms with van der Waals surface area (Å²) in [5.41, 5.74) is 1.17. The highest BCUT2D eigenvalue weighted by atomic mass is 35.5. The number of aromatic nitrogens is 1. The van der Waals surface area contributed by atoms with Gasteiger partial charge in [-0.3, -0.25) is 0 Å². The van der Waals surface area contributed by atoms with Crippen molar-refractivity contribution < 1.29 is 13.9 Å². The molecular weight excluding hydrogens is 291 g/mol. The normalized spacial score (nSPS) is 10.3. The van der Waals surface area contributed by atoms with Gasteiger partial charge in [0.1, 0.15) is 10.7 Å². The van der Waals surface area contributed by atoms with Crippen molar-refractivity contribution >= 4 is 39.7 Å². The highest BCUT2D eigenvalue weighted by Gasteiger charge is 2.15. The first-order chi connectivity index (χ1) is 9.01. The molecule has 0 fully saturated rings. The molecule has 1 aromatic heterocycles. The average Bonchev–Trinajstić information content (AvgIpc) is 2.74. The number of halogens is 2. The van der Waals surface area contributed by atoms with Crippen molar-refractivity contribution in [1.82, 2.24) is 4.98 Å². The van der Waals surface area contributed by atoms with Crippen LogP contribution in [0.15, 0.2) is 18.2 Å². The SMILES string of the molecule is COC(=O)c1sc(Nc2ccc(F)c(Cl)c2)nc1C.